The lowest BCUT2D eigenvalue weighted by Gasteiger charge is -2.21. The summed E-state index contributed by atoms with van der Waals surface area (Å²) in [6.45, 7) is -0.254. The van der Waals surface area contributed by atoms with E-state index in [0.717, 1.165) is 9.87 Å². The first-order chi connectivity index (χ1) is 16.4. The molecular formula is C25H25N3O5S. The highest BCUT2D eigenvalue weighted by Crippen LogP contribution is 2.16. The number of methoxy groups -OCH3 is 1. The predicted octanol–water partition coefficient (Wildman–Crippen LogP) is 2.86. The highest BCUT2D eigenvalue weighted by atomic mass is 32.2. The molecule has 3 aromatic rings. The molecule has 176 valence electrons. The van der Waals surface area contributed by atoms with Gasteiger partial charge in [0.1, 0.15) is 0 Å². The average Bonchev–Trinajstić information content (AvgIpc) is 2.87. The lowest BCUT2D eigenvalue weighted by Crippen LogP contribution is -2.40. The number of benzene rings is 3. The smallest absolute Gasteiger partial charge is 0.337 e. The Balaban J connectivity index is 1.68. The fraction of sp³-hybridized carbons (Fsp3) is 0.160. The van der Waals surface area contributed by atoms with Crippen molar-refractivity contribution < 1.29 is 22.7 Å². The van der Waals surface area contributed by atoms with Crippen molar-refractivity contribution in [2.45, 2.75) is 11.3 Å². The minimum Gasteiger partial charge on any atom is -0.465 e. The Morgan fingerprint density at radius 1 is 0.941 bits per heavy atom. The molecule has 3 aromatic carbocycles. The zero-order valence-electron chi connectivity index (χ0n) is 18.6. The van der Waals surface area contributed by atoms with Crippen LogP contribution in [-0.2, 0) is 26.0 Å². The van der Waals surface area contributed by atoms with Crippen LogP contribution in [0.3, 0.4) is 0 Å². The molecule has 0 heterocycles. The van der Waals surface area contributed by atoms with E-state index in [9.17, 15) is 18.0 Å². The van der Waals surface area contributed by atoms with E-state index >= 15 is 0 Å². The van der Waals surface area contributed by atoms with E-state index in [4.69, 9.17) is 0 Å². The van der Waals surface area contributed by atoms with Crippen LogP contribution in [0.4, 0.5) is 0 Å². The molecule has 0 aliphatic heterocycles. The summed E-state index contributed by atoms with van der Waals surface area (Å²) >= 11 is 0. The molecule has 0 aliphatic carbocycles. The van der Waals surface area contributed by atoms with Crippen molar-refractivity contribution in [2.24, 2.45) is 5.10 Å². The van der Waals surface area contributed by atoms with Crippen molar-refractivity contribution in [3.63, 3.8) is 0 Å². The third-order valence-electron chi connectivity index (χ3n) is 4.93. The van der Waals surface area contributed by atoms with E-state index in [1.54, 1.807) is 42.5 Å². The van der Waals surface area contributed by atoms with Crippen molar-refractivity contribution >= 4 is 28.1 Å². The van der Waals surface area contributed by atoms with Gasteiger partial charge in [0.05, 0.1) is 30.3 Å². The Labute approximate surface area is 198 Å². The van der Waals surface area contributed by atoms with Crippen LogP contribution in [-0.4, -0.2) is 51.0 Å². The van der Waals surface area contributed by atoms with Crippen molar-refractivity contribution in [2.75, 3.05) is 20.2 Å². The number of hydrogen-bond donors (Lipinski definition) is 1. The SMILES string of the molecule is COC(=O)c1ccc(/C=N\NC(=O)CN(CCc2ccccc2)S(=O)(=O)c2ccccc2)cc1. The zero-order valence-corrected chi connectivity index (χ0v) is 19.4. The van der Waals surface area contributed by atoms with Crippen molar-refractivity contribution in [1.82, 2.24) is 9.73 Å². The summed E-state index contributed by atoms with van der Waals surface area (Å²) in [6, 6.07) is 23.9. The summed E-state index contributed by atoms with van der Waals surface area (Å²) in [5.74, 6) is -1.03. The maximum atomic E-state index is 13.2. The van der Waals surface area contributed by atoms with Crippen LogP contribution in [0.5, 0.6) is 0 Å². The molecule has 3 rings (SSSR count). The third kappa shape index (κ3) is 6.84. The minimum absolute atomic E-state index is 0.116. The van der Waals surface area contributed by atoms with Gasteiger partial charge in [0.2, 0.25) is 10.0 Å². The second kappa shape index (κ2) is 11.9. The van der Waals surface area contributed by atoms with Crippen LogP contribution in [0, 0.1) is 0 Å². The Bertz CT molecular complexity index is 1230. The predicted molar refractivity (Wildman–Crippen MR) is 129 cm³/mol. The maximum Gasteiger partial charge on any atom is 0.337 e. The molecule has 9 heteroatoms. The second-order valence-corrected chi connectivity index (χ2v) is 9.23. The van der Waals surface area contributed by atoms with Crippen LogP contribution in [0.1, 0.15) is 21.5 Å². The number of hydrazone groups is 1. The van der Waals surface area contributed by atoms with Crippen LogP contribution in [0.25, 0.3) is 0 Å². The summed E-state index contributed by atoms with van der Waals surface area (Å²) in [4.78, 5) is 24.1. The highest BCUT2D eigenvalue weighted by Gasteiger charge is 2.26. The summed E-state index contributed by atoms with van der Waals surface area (Å²) in [7, 11) is -2.58. The lowest BCUT2D eigenvalue weighted by molar-refractivity contribution is -0.121. The minimum atomic E-state index is -3.88. The number of rotatable bonds is 10. The van der Waals surface area contributed by atoms with Gasteiger partial charge in [0.25, 0.3) is 5.91 Å². The first kappa shape index (κ1) is 24.8. The van der Waals surface area contributed by atoms with E-state index in [0.29, 0.717) is 17.5 Å². The van der Waals surface area contributed by atoms with E-state index in [1.165, 1.54) is 25.5 Å². The number of sulfonamides is 1. The summed E-state index contributed by atoms with van der Waals surface area (Å²) in [6.07, 6.45) is 1.86. The molecule has 1 N–H and O–H groups in total. The van der Waals surface area contributed by atoms with Gasteiger partial charge in [-0.1, -0.05) is 60.7 Å². The highest BCUT2D eigenvalue weighted by molar-refractivity contribution is 7.89. The molecule has 34 heavy (non-hydrogen) atoms. The molecule has 8 nitrogen and oxygen atoms in total. The number of hydrogen-bond acceptors (Lipinski definition) is 6. The molecular weight excluding hydrogens is 454 g/mol. The molecule has 1 amide bonds. The Hall–Kier alpha value is -3.82. The lowest BCUT2D eigenvalue weighted by atomic mass is 10.1. The van der Waals surface area contributed by atoms with E-state index in [1.807, 2.05) is 30.3 Å². The Kier molecular flexibility index (Phi) is 8.66. The van der Waals surface area contributed by atoms with Gasteiger partial charge in [-0.05, 0) is 41.8 Å². The normalized spacial score (nSPS) is 11.5. The summed E-state index contributed by atoms with van der Waals surface area (Å²) < 4.78 is 32.1. The fourth-order valence-electron chi connectivity index (χ4n) is 3.12. The largest absolute Gasteiger partial charge is 0.465 e. The van der Waals surface area contributed by atoms with Crippen LogP contribution < -0.4 is 5.43 Å². The number of nitrogens with one attached hydrogen (secondary N) is 1. The first-order valence-electron chi connectivity index (χ1n) is 10.5. The number of esters is 1. The average molecular weight is 480 g/mol. The summed E-state index contributed by atoms with van der Waals surface area (Å²) in [5.41, 5.74) is 4.36. The molecule has 0 saturated heterocycles. The van der Waals surface area contributed by atoms with Gasteiger partial charge < -0.3 is 4.74 Å². The summed E-state index contributed by atoms with van der Waals surface area (Å²) in [5, 5.41) is 3.90. The van der Waals surface area contributed by atoms with Crippen LogP contribution in [0.15, 0.2) is 94.9 Å². The monoisotopic (exact) mass is 479 g/mol. The van der Waals surface area contributed by atoms with Crippen molar-refractivity contribution in [3.8, 4) is 0 Å². The van der Waals surface area contributed by atoms with Crippen molar-refractivity contribution in [3.05, 3.63) is 102 Å². The molecule has 0 unspecified atom stereocenters. The third-order valence-corrected chi connectivity index (χ3v) is 6.79. The topological polar surface area (TPSA) is 105 Å². The quantitative estimate of drug-likeness (QED) is 0.274. The van der Waals surface area contributed by atoms with Gasteiger partial charge in [-0.2, -0.15) is 9.41 Å². The molecule has 0 saturated carbocycles. The maximum absolute atomic E-state index is 13.2. The first-order valence-corrected chi connectivity index (χ1v) is 11.9. The molecule has 0 aromatic heterocycles. The number of ether oxygens (including phenoxy) is 1. The van der Waals surface area contributed by atoms with Crippen molar-refractivity contribution in [1.29, 1.82) is 0 Å². The number of nitrogens with zero attached hydrogens (tertiary/aromatic N) is 2. The molecule has 0 radical (unpaired) electrons. The van der Waals surface area contributed by atoms with Gasteiger partial charge in [-0.25, -0.2) is 18.6 Å². The standard InChI is InChI=1S/C25H25N3O5S/c1-33-25(30)22-14-12-21(13-15-22)18-26-27-24(29)19-28(17-16-20-8-4-2-5-9-20)34(31,32)23-10-6-3-7-11-23/h2-15,18H,16-17,19H2,1H3,(H,27,29)/b26-18-. The number of carbonyl (C=O) groups excluding carboxylic acids is 2. The Morgan fingerprint density at radius 3 is 2.18 bits per heavy atom. The van der Waals surface area contributed by atoms with E-state index < -0.39 is 21.9 Å². The van der Waals surface area contributed by atoms with E-state index in [2.05, 4.69) is 15.3 Å². The van der Waals surface area contributed by atoms with Crippen LogP contribution in [0.2, 0.25) is 0 Å². The number of carbonyl (C=O) groups is 2. The zero-order chi connectivity index (χ0) is 24.4. The Morgan fingerprint density at radius 2 is 1.56 bits per heavy atom. The van der Waals surface area contributed by atoms with Crippen LogP contribution >= 0.6 is 0 Å². The molecule has 0 atom stereocenters. The van der Waals surface area contributed by atoms with Gasteiger partial charge >= 0.3 is 5.97 Å². The van der Waals surface area contributed by atoms with Gasteiger partial charge in [0, 0.05) is 6.54 Å². The molecule has 0 spiro atoms. The molecule has 0 fully saturated rings. The second-order valence-electron chi connectivity index (χ2n) is 7.29. The molecule has 0 bridgehead atoms. The number of amides is 1. The van der Waals surface area contributed by atoms with Gasteiger partial charge in [-0.3, -0.25) is 4.79 Å². The van der Waals surface area contributed by atoms with Gasteiger partial charge in [0.15, 0.2) is 0 Å². The molecule has 0 aliphatic rings. The fourth-order valence-corrected chi connectivity index (χ4v) is 4.54. The van der Waals surface area contributed by atoms with Gasteiger partial charge in [-0.15, -0.1) is 0 Å². The van der Waals surface area contributed by atoms with E-state index in [-0.39, 0.29) is 18.0 Å².